The Kier molecular flexibility index (Phi) is 6.04. The molecule has 23 heavy (non-hydrogen) atoms. The highest BCUT2D eigenvalue weighted by atomic mass is 79.9. The predicted molar refractivity (Wildman–Crippen MR) is 95.8 cm³/mol. The maximum absolute atomic E-state index is 12.8. The minimum Gasteiger partial charge on any atom is -0.444 e. The van der Waals surface area contributed by atoms with Crippen LogP contribution >= 0.6 is 15.9 Å². The predicted octanol–water partition coefficient (Wildman–Crippen LogP) is 5.09. The molecule has 1 amide bonds. The summed E-state index contributed by atoms with van der Waals surface area (Å²) < 4.78 is 11.8. The minimum atomic E-state index is -0.625. The molecule has 1 heterocycles. The van der Waals surface area contributed by atoms with E-state index >= 15 is 0 Å². The minimum absolute atomic E-state index is 0.0273. The number of hydrogen-bond acceptors (Lipinski definition) is 3. The molecule has 2 atom stereocenters. The van der Waals surface area contributed by atoms with Crippen molar-refractivity contribution in [3.8, 4) is 0 Å². The zero-order chi connectivity index (χ0) is 17.3. The van der Waals surface area contributed by atoms with Gasteiger partial charge in [0.15, 0.2) is 0 Å². The molecule has 0 unspecified atom stereocenters. The third kappa shape index (κ3) is 4.85. The number of nitrogens with zero attached hydrogens (tertiary/aromatic N) is 1. The molecule has 5 heteroatoms. The van der Waals surface area contributed by atoms with Gasteiger partial charge in [-0.2, -0.15) is 0 Å². The zero-order valence-corrected chi connectivity index (χ0v) is 16.8. The van der Waals surface area contributed by atoms with E-state index in [9.17, 15) is 4.79 Å². The summed E-state index contributed by atoms with van der Waals surface area (Å²) in [5.74, 6) is 0.692. The Hall–Kier alpha value is -0.290. The molecule has 4 nitrogen and oxygen atoms in total. The van der Waals surface area contributed by atoms with Gasteiger partial charge in [-0.05, 0) is 47.0 Å². The van der Waals surface area contributed by atoms with Gasteiger partial charge in [0.2, 0.25) is 0 Å². The van der Waals surface area contributed by atoms with Gasteiger partial charge in [-0.3, -0.25) is 4.90 Å². The summed E-state index contributed by atoms with van der Waals surface area (Å²) in [7, 11) is 0. The fourth-order valence-electron chi connectivity index (χ4n) is 3.89. The number of alkyl halides is 1. The average molecular weight is 390 g/mol. The zero-order valence-electron chi connectivity index (χ0n) is 15.2. The SMILES string of the molecule is CC(C)(C)OC(=O)N1[C@@H](CC2CCCCC2)[C@@H](CBr)OC1(C)C. The molecule has 0 aromatic rings. The molecule has 0 aromatic carbocycles. The summed E-state index contributed by atoms with van der Waals surface area (Å²) in [6, 6.07) is 0.0855. The first-order chi connectivity index (χ1) is 10.6. The Morgan fingerprint density at radius 1 is 1.26 bits per heavy atom. The Labute approximate surface area is 149 Å². The molecule has 1 aliphatic carbocycles. The number of rotatable bonds is 3. The van der Waals surface area contributed by atoms with Gasteiger partial charge < -0.3 is 9.47 Å². The molecule has 2 rings (SSSR count). The Balaban J connectivity index is 2.16. The Morgan fingerprint density at radius 2 is 1.87 bits per heavy atom. The maximum Gasteiger partial charge on any atom is 0.412 e. The van der Waals surface area contributed by atoms with E-state index < -0.39 is 11.3 Å². The second-order valence-corrected chi connectivity index (χ2v) is 9.06. The van der Waals surface area contributed by atoms with Gasteiger partial charge in [-0.1, -0.05) is 48.0 Å². The third-order valence-corrected chi connectivity index (χ3v) is 5.46. The molecule has 1 saturated heterocycles. The molecule has 0 spiro atoms. The molecule has 0 N–H and O–H groups in total. The summed E-state index contributed by atoms with van der Waals surface area (Å²) in [5, 5.41) is 0.743. The number of amides is 1. The van der Waals surface area contributed by atoms with E-state index in [4.69, 9.17) is 9.47 Å². The molecule has 0 radical (unpaired) electrons. The van der Waals surface area contributed by atoms with Crippen LogP contribution in [0.3, 0.4) is 0 Å². The van der Waals surface area contributed by atoms with E-state index in [2.05, 4.69) is 15.9 Å². The summed E-state index contributed by atoms with van der Waals surface area (Å²) in [6.45, 7) is 9.66. The standard InChI is InChI=1S/C18H32BrNO3/c1-17(2,3)23-16(21)20-14(11-13-9-7-6-8-10-13)15(12-19)22-18(20,4)5/h13-15H,6-12H2,1-5H3/t14-,15+/m0/s1. The smallest absolute Gasteiger partial charge is 0.412 e. The van der Waals surface area contributed by atoms with Gasteiger partial charge in [-0.15, -0.1) is 0 Å². The lowest BCUT2D eigenvalue weighted by Gasteiger charge is -2.36. The lowest BCUT2D eigenvalue weighted by molar-refractivity contribution is -0.0750. The van der Waals surface area contributed by atoms with Crippen LogP contribution in [0, 0.1) is 5.92 Å². The van der Waals surface area contributed by atoms with Crippen molar-refractivity contribution >= 4 is 22.0 Å². The molecule has 0 aromatic heterocycles. The largest absolute Gasteiger partial charge is 0.444 e. The Bertz CT molecular complexity index is 413. The molecular weight excluding hydrogens is 358 g/mol. The highest BCUT2D eigenvalue weighted by Gasteiger charge is 2.51. The molecule has 134 valence electrons. The quantitative estimate of drug-likeness (QED) is 0.630. The molecule has 0 bridgehead atoms. The van der Waals surface area contributed by atoms with E-state index in [1.54, 1.807) is 0 Å². The number of hydrogen-bond donors (Lipinski definition) is 0. The summed E-state index contributed by atoms with van der Waals surface area (Å²) >= 11 is 3.57. The van der Waals surface area contributed by atoms with Crippen LogP contribution in [0.5, 0.6) is 0 Å². The van der Waals surface area contributed by atoms with Crippen molar-refractivity contribution in [1.29, 1.82) is 0 Å². The monoisotopic (exact) mass is 389 g/mol. The van der Waals surface area contributed by atoms with Crippen molar-refractivity contribution in [1.82, 2.24) is 4.90 Å². The molecule has 2 aliphatic rings. The normalized spacial score (nSPS) is 28.9. The van der Waals surface area contributed by atoms with Crippen LogP contribution in [-0.4, -0.2) is 39.8 Å². The molecule has 1 saturated carbocycles. The van der Waals surface area contributed by atoms with Gasteiger partial charge in [0.25, 0.3) is 0 Å². The van der Waals surface area contributed by atoms with Crippen LogP contribution in [0.2, 0.25) is 0 Å². The fourth-order valence-corrected chi connectivity index (χ4v) is 4.46. The first kappa shape index (κ1) is 19.0. The van der Waals surface area contributed by atoms with E-state index in [1.807, 2.05) is 39.5 Å². The van der Waals surface area contributed by atoms with Crippen molar-refractivity contribution in [2.24, 2.45) is 5.92 Å². The highest BCUT2D eigenvalue weighted by Crippen LogP contribution is 2.39. The van der Waals surface area contributed by atoms with Crippen LogP contribution < -0.4 is 0 Å². The first-order valence-electron chi connectivity index (χ1n) is 8.90. The third-order valence-electron chi connectivity index (χ3n) is 4.82. The lowest BCUT2D eigenvalue weighted by atomic mass is 9.83. The second kappa shape index (κ2) is 7.30. The topological polar surface area (TPSA) is 38.8 Å². The van der Waals surface area contributed by atoms with Crippen LogP contribution in [0.1, 0.15) is 73.1 Å². The second-order valence-electron chi connectivity index (χ2n) is 8.41. The number of carbonyl (C=O) groups is 1. The maximum atomic E-state index is 12.8. The Morgan fingerprint density at radius 3 is 2.39 bits per heavy atom. The van der Waals surface area contributed by atoms with E-state index in [-0.39, 0.29) is 18.2 Å². The van der Waals surface area contributed by atoms with Crippen molar-refractivity contribution in [2.75, 3.05) is 5.33 Å². The number of halogens is 1. The van der Waals surface area contributed by atoms with Gasteiger partial charge in [-0.25, -0.2) is 4.79 Å². The van der Waals surface area contributed by atoms with E-state index in [1.165, 1.54) is 32.1 Å². The van der Waals surface area contributed by atoms with E-state index in [0.29, 0.717) is 5.92 Å². The van der Waals surface area contributed by atoms with Gasteiger partial charge in [0.1, 0.15) is 11.3 Å². The average Bonchev–Trinajstić information content (AvgIpc) is 2.68. The van der Waals surface area contributed by atoms with Crippen LogP contribution in [0.25, 0.3) is 0 Å². The fraction of sp³-hybridized carbons (Fsp3) is 0.944. The first-order valence-corrected chi connectivity index (χ1v) is 10.0. The molecule has 1 aliphatic heterocycles. The van der Waals surface area contributed by atoms with Crippen molar-refractivity contribution < 1.29 is 14.3 Å². The molecular formula is C18H32BrNO3. The van der Waals surface area contributed by atoms with Crippen LogP contribution in [0.4, 0.5) is 4.79 Å². The summed E-state index contributed by atoms with van der Waals surface area (Å²) in [6.07, 6.45) is 7.30. The van der Waals surface area contributed by atoms with Gasteiger partial charge >= 0.3 is 6.09 Å². The van der Waals surface area contributed by atoms with Crippen molar-refractivity contribution in [2.45, 2.75) is 96.6 Å². The highest BCUT2D eigenvalue weighted by molar-refractivity contribution is 9.09. The number of carbonyl (C=O) groups excluding carboxylic acids is 1. The summed E-state index contributed by atoms with van der Waals surface area (Å²) in [5.41, 5.74) is -1.12. The van der Waals surface area contributed by atoms with Gasteiger partial charge in [0.05, 0.1) is 12.1 Å². The van der Waals surface area contributed by atoms with Crippen molar-refractivity contribution in [3.05, 3.63) is 0 Å². The lowest BCUT2D eigenvalue weighted by Crippen LogP contribution is -2.51. The van der Waals surface area contributed by atoms with Crippen molar-refractivity contribution in [3.63, 3.8) is 0 Å². The van der Waals surface area contributed by atoms with Crippen LogP contribution in [-0.2, 0) is 9.47 Å². The van der Waals surface area contributed by atoms with E-state index in [0.717, 1.165) is 11.8 Å². The summed E-state index contributed by atoms with van der Waals surface area (Å²) in [4.78, 5) is 14.6. The number of ether oxygens (including phenoxy) is 2. The van der Waals surface area contributed by atoms with Gasteiger partial charge in [0, 0.05) is 5.33 Å². The van der Waals surface area contributed by atoms with Crippen LogP contribution in [0.15, 0.2) is 0 Å². The molecule has 2 fully saturated rings.